The van der Waals surface area contributed by atoms with E-state index in [1.165, 1.54) is 12.1 Å². The summed E-state index contributed by atoms with van der Waals surface area (Å²) < 4.78 is 26.4. The van der Waals surface area contributed by atoms with Crippen LogP contribution < -0.4 is 4.72 Å². The molecular formula is C12H10ClNO4S2. The van der Waals surface area contributed by atoms with E-state index in [9.17, 15) is 13.2 Å². The average molecular weight is 332 g/mol. The van der Waals surface area contributed by atoms with Crippen LogP contribution in [0.3, 0.4) is 0 Å². The molecule has 0 aliphatic heterocycles. The molecule has 20 heavy (non-hydrogen) atoms. The third kappa shape index (κ3) is 3.37. The van der Waals surface area contributed by atoms with Crippen LogP contribution in [0.4, 0.5) is 0 Å². The van der Waals surface area contributed by atoms with E-state index in [2.05, 4.69) is 4.72 Å². The molecule has 0 atom stereocenters. The molecule has 0 amide bonds. The minimum absolute atomic E-state index is 0.0249. The summed E-state index contributed by atoms with van der Waals surface area (Å²) in [6.45, 7) is 0.0440. The highest BCUT2D eigenvalue weighted by atomic mass is 35.5. The van der Waals surface area contributed by atoms with Crippen LogP contribution in [0.1, 0.15) is 15.2 Å². The van der Waals surface area contributed by atoms with E-state index in [1.54, 1.807) is 24.3 Å². The van der Waals surface area contributed by atoms with Gasteiger partial charge in [0.2, 0.25) is 10.0 Å². The van der Waals surface area contributed by atoms with E-state index in [0.29, 0.717) is 21.9 Å². The van der Waals surface area contributed by atoms with E-state index in [0.717, 1.165) is 0 Å². The summed E-state index contributed by atoms with van der Waals surface area (Å²) in [5, 5.41) is 9.25. The van der Waals surface area contributed by atoms with Gasteiger partial charge in [0.15, 0.2) is 0 Å². The lowest BCUT2D eigenvalue weighted by molar-refractivity contribution is 0.0702. The van der Waals surface area contributed by atoms with Gasteiger partial charge < -0.3 is 5.11 Å². The van der Waals surface area contributed by atoms with E-state index in [1.807, 2.05) is 0 Å². The second kappa shape index (κ2) is 5.92. The number of thiophene rings is 1. The summed E-state index contributed by atoms with van der Waals surface area (Å²) in [6.07, 6.45) is 0. The normalized spacial score (nSPS) is 11.4. The van der Waals surface area contributed by atoms with Gasteiger partial charge in [-0.25, -0.2) is 17.9 Å². The van der Waals surface area contributed by atoms with Crippen molar-refractivity contribution in [2.24, 2.45) is 0 Å². The number of halogens is 1. The highest BCUT2D eigenvalue weighted by Gasteiger charge is 2.19. The monoisotopic (exact) mass is 331 g/mol. The number of rotatable bonds is 5. The Kier molecular flexibility index (Phi) is 4.44. The fourth-order valence-electron chi connectivity index (χ4n) is 1.47. The number of hydrogen-bond acceptors (Lipinski definition) is 4. The summed E-state index contributed by atoms with van der Waals surface area (Å²) >= 11 is 6.64. The van der Waals surface area contributed by atoms with Crippen LogP contribution in [0.2, 0.25) is 5.02 Å². The summed E-state index contributed by atoms with van der Waals surface area (Å²) in [5.74, 6) is -1.15. The topological polar surface area (TPSA) is 83.5 Å². The minimum Gasteiger partial charge on any atom is -0.477 e. The molecule has 0 saturated heterocycles. The largest absolute Gasteiger partial charge is 0.477 e. The van der Waals surface area contributed by atoms with Crippen molar-refractivity contribution < 1.29 is 18.3 Å². The maximum Gasteiger partial charge on any atom is 0.345 e. The Labute approximate surface area is 124 Å². The van der Waals surface area contributed by atoms with Crippen molar-refractivity contribution >= 4 is 38.9 Å². The minimum atomic E-state index is -3.74. The van der Waals surface area contributed by atoms with Crippen LogP contribution >= 0.6 is 22.9 Å². The van der Waals surface area contributed by atoms with Crippen LogP contribution in [-0.2, 0) is 16.6 Å². The summed E-state index contributed by atoms with van der Waals surface area (Å²) in [6, 6.07) is 9.41. The Morgan fingerprint density at radius 3 is 2.55 bits per heavy atom. The second-order valence-corrected chi connectivity index (χ2v) is 7.32. The highest BCUT2D eigenvalue weighted by Crippen LogP contribution is 2.22. The fourth-order valence-corrected chi connectivity index (χ4v) is 3.86. The van der Waals surface area contributed by atoms with Gasteiger partial charge >= 0.3 is 5.97 Å². The van der Waals surface area contributed by atoms with Gasteiger partial charge in [0, 0.05) is 11.6 Å². The van der Waals surface area contributed by atoms with Gasteiger partial charge in [0.1, 0.15) is 9.09 Å². The van der Waals surface area contributed by atoms with Gasteiger partial charge in [0.25, 0.3) is 0 Å². The SMILES string of the molecule is O=C(O)c1ccc(S(=O)(=O)NCc2ccccc2Cl)s1. The van der Waals surface area contributed by atoms with Crippen molar-refractivity contribution in [3.8, 4) is 0 Å². The van der Waals surface area contributed by atoms with Gasteiger partial charge in [-0.1, -0.05) is 29.8 Å². The van der Waals surface area contributed by atoms with E-state index in [4.69, 9.17) is 16.7 Å². The number of hydrogen-bond donors (Lipinski definition) is 2. The lowest BCUT2D eigenvalue weighted by atomic mass is 10.2. The molecule has 0 aliphatic rings. The zero-order valence-electron chi connectivity index (χ0n) is 10.0. The molecule has 8 heteroatoms. The number of sulfonamides is 1. The van der Waals surface area contributed by atoms with Crippen LogP contribution in [-0.4, -0.2) is 19.5 Å². The van der Waals surface area contributed by atoms with Crippen molar-refractivity contribution in [1.29, 1.82) is 0 Å². The van der Waals surface area contributed by atoms with Crippen molar-refractivity contribution in [2.45, 2.75) is 10.8 Å². The van der Waals surface area contributed by atoms with Gasteiger partial charge in [-0.2, -0.15) is 0 Å². The molecule has 5 nitrogen and oxygen atoms in total. The molecule has 0 unspecified atom stereocenters. The molecule has 1 heterocycles. The quantitative estimate of drug-likeness (QED) is 0.882. The first-order valence-electron chi connectivity index (χ1n) is 5.46. The molecule has 0 bridgehead atoms. The Balaban J connectivity index is 2.15. The van der Waals surface area contributed by atoms with Gasteiger partial charge in [0.05, 0.1) is 0 Å². The van der Waals surface area contributed by atoms with E-state index < -0.39 is 16.0 Å². The molecule has 2 rings (SSSR count). The van der Waals surface area contributed by atoms with Crippen molar-refractivity contribution in [3.05, 3.63) is 51.9 Å². The number of carboxylic acid groups (broad SMARTS) is 1. The third-order valence-corrected chi connectivity index (χ3v) is 5.80. The molecule has 0 aliphatic carbocycles. The predicted molar refractivity (Wildman–Crippen MR) is 76.8 cm³/mol. The Morgan fingerprint density at radius 2 is 1.95 bits per heavy atom. The maximum absolute atomic E-state index is 12.0. The van der Waals surface area contributed by atoms with Crippen molar-refractivity contribution in [1.82, 2.24) is 4.72 Å². The van der Waals surface area contributed by atoms with Crippen LogP contribution in [0, 0.1) is 0 Å². The number of carbonyl (C=O) groups is 1. The summed E-state index contributed by atoms with van der Waals surface area (Å²) in [7, 11) is -3.74. The molecule has 0 saturated carbocycles. The summed E-state index contributed by atoms with van der Waals surface area (Å²) in [5.41, 5.74) is 0.646. The fraction of sp³-hybridized carbons (Fsp3) is 0.0833. The molecular weight excluding hydrogens is 322 g/mol. The molecule has 2 N–H and O–H groups in total. The number of carboxylic acids is 1. The predicted octanol–water partition coefficient (Wildman–Crippen LogP) is 2.58. The smallest absolute Gasteiger partial charge is 0.345 e. The third-order valence-electron chi connectivity index (χ3n) is 2.47. The first-order chi connectivity index (χ1) is 9.40. The maximum atomic E-state index is 12.0. The lowest BCUT2D eigenvalue weighted by Gasteiger charge is -2.06. The first-order valence-corrected chi connectivity index (χ1v) is 8.14. The highest BCUT2D eigenvalue weighted by molar-refractivity contribution is 7.91. The Bertz CT molecular complexity index is 739. The second-order valence-electron chi connectivity index (χ2n) is 3.84. The van der Waals surface area contributed by atoms with Crippen molar-refractivity contribution in [3.63, 3.8) is 0 Å². The first kappa shape index (κ1) is 15.0. The Morgan fingerprint density at radius 1 is 1.25 bits per heavy atom. The van der Waals surface area contributed by atoms with Crippen molar-refractivity contribution in [2.75, 3.05) is 0 Å². The molecule has 2 aromatic rings. The molecule has 0 spiro atoms. The molecule has 1 aromatic heterocycles. The van der Waals surface area contributed by atoms with Gasteiger partial charge in [-0.3, -0.25) is 0 Å². The molecule has 0 fully saturated rings. The van der Waals surface area contributed by atoms with E-state index in [-0.39, 0.29) is 15.6 Å². The standard InChI is InChI=1S/C12H10ClNO4S2/c13-9-4-2-1-3-8(9)7-14-20(17,18)11-6-5-10(19-11)12(15)16/h1-6,14H,7H2,(H,15,16). The average Bonchev–Trinajstić information content (AvgIpc) is 2.88. The van der Waals surface area contributed by atoms with Gasteiger partial charge in [-0.15, -0.1) is 11.3 Å². The van der Waals surface area contributed by atoms with Crippen LogP contribution in [0.5, 0.6) is 0 Å². The van der Waals surface area contributed by atoms with Gasteiger partial charge in [-0.05, 0) is 23.8 Å². The Hall–Kier alpha value is -1.41. The summed E-state index contributed by atoms with van der Waals surface area (Å²) in [4.78, 5) is 10.7. The van der Waals surface area contributed by atoms with Crippen LogP contribution in [0.25, 0.3) is 0 Å². The zero-order valence-corrected chi connectivity index (χ0v) is 12.4. The number of benzene rings is 1. The number of aromatic carboxylic acids is 1. The zero-order chi connectivity index (χ0) is 14.8. The molecule has 0 radical (unpaired) electrons. The van der Waals surface area contributed by atoms with Crippen LogP contribution in [0.15, 0.2) is 40.6 Å². The number of nitrogens with one attached hydrogen (secondary N) is 1. The van der Waals surface area contributed by atoms with E-state index >= 15 is 0 Å². The lowest BCUT2D eigenvalue weighted by Crippen LogP contribution is -2.22. The molecule has 1 aromatic carbocycles. The molecule has 106 valence electrons.